The molecule has 3 rings (SSSR count). The lowest BCUT2D eigenvalue weighted by atomic mass is 10.1. The molecule has 0 unspecified atom stereocenters. The van der Waals surface area contributed by atoms with Crippen LogP contribution in [0.1, 0.15) is 20.3 Å². The lowest BCUT2D eigenvalue weighted by Gasteiger charge is -2.24. The second kappa shape index (κ2) is 6.99. The summed E-state index contributed by atoms with van der Waals surface area (Å²) in [5.41, 5.74) is 0.799. The fourth-order valence-corrected chi connectivity index (χ4v) is 7.06. The number of amides is 1. The molecule has 0 N–H and O–H groups in total. The van der Waals surface area contributed by atoms with Gasteiger partial charge in [-0.2, -0.15) is 4.99 Å². The van der Waals surface area contributed by atoms with Crippen LogP contribution in [-0.2, 0) is 14.6 Å². The van der Waals surface area contributed by atoms with E-state index in [2.05, 4.69) is 4.99 Å². The van der Waals surface area contributed by atoms with E-state index in [1.807, 2.05) is 43.0 Å². The van der Waals surface area contributed by atoms with Crippen LogP contribution in [0.5, 0.6) is 5.75 Å². The van der Waals surface area contributed by atoms with E-state index in [-0.39, 0.29) is 34.6 Å². The number of aliphatic imine (C=N–C) groups is 1. The smallest absolute Gasteiger partial charge is 0.248 e. The molecule has 0 saturated carbocycles. The number of thioether (sulfide) groups is 1. The largest absolute Gasteiger partial charge is 0.497 e. The van der Waals surface area contributed by atoms with E-state index in [9.17, 15) is 13.2 Å². The number of fused-ring (bicyclic) bond motifs is 1. The van der Waals surface area contributed by atoms with E-state index < -0.39 is 9.84 Å². The molecule has 6 nitrogen and oxygen atoms in total. The van der Waals surface area contributed by atoms with E-state index in [1.165, 1.54) is 11.8 Å². The molecule has 0 spiro atoms. The molecular formula is C17H22N2O4S2. The quantitative estimate of drug-likeness (QED) is 0.796. The Balaban J connectivity index is 1.97. The van der Waals surface area contributed by atoms with E-state index in [1.54, 1.807) is 7.11 Å². The van der Waals surface area contributed by atoms with Gasteiger partial charge in [0.15, 0.2) is 15.0 Å². The third-order valence-electron chi connectivity index (χ3n) is 4.20. The van der Waals surface area contributed by atoms with Crippen molar-refractivity contribution in [1.82, 2.24) is 0 Å². The number of sulfone groups is 1. The Kier molecular flexibility index (Phi) is 5.11. The molecule has 2 heterocycles. The minimum Gasteiger partial charge on any atom is -0.497 e. The van der Waals surface area contributed by atoms with Crippen molar-refractivity contribution in [2.45, 2.75) is 31.6 Å². The molecule has 2 fully saturated rings. The van der Waals surface area contributed by atoms with Gasteiger partial charge in [0, 0.05) is 23.4 Å². The Morgan fingerprint density at radius 2 is 2.16 bits per heavy atom. The van der Waals surface area contributed by atoms with Crippen LogP contribution in [0.2, 0.25) is 0 Å². The Morgan fingerprint density at radius 3 is 2.84 bits per heavy atom. The molecule has 2 aliphatic rings. The summed E-state index contributed by atoms with van der Waals surface area (Å²) in [5, 5.41) is 0.491. The average molecular weight is 383 g/mol. The van der Waals surface area contributed by atoms with Crippen LogP contribution in [0.4, 0.5) is 5.69 Å². The van der Waals surface area contributed by atoms with E-state index in [0.717, 1.165) is 5.69 Å². The van der Waals surface area contributed by atoms with Crippen molar-refractivity contribution < 1.29 is 17.9 Å². The molecule has 0 bridgehead atoms. The van der Waals surface area contributed by atoms with E-state index >= 15 is 0 Å². The van der Waals surface area contributed by atoms with Crippen LogP contribution in [0.25, 0.3) is 0 Å². The van der Waals surface area contributed by atoms with Gasteiger partial charge >= 0.3 is 0 Å². The second-order valence-electron chi connectivity index (χ2n) is 6.76. The molecule has 0 aromatic heterocycles. The maximum atomic E-state index is 12.2. The summed E-state index contributed by atoms with van der Waals surface area (Å²) in [4.78, 5) is 18.4. The second-order valence-corrected chi connectivity index (χ2v) is 10.1. The Hall–Kier alpha value is -1.54. The molecule has 0 radical (unpaired) electrons. The zero-order chi connectivity index (χ0) is 18.2. The molecule has 25 heavy (non-hydrogen) atoms. The third-order valence-corrected chi connectivity index (χ3v) is 7.41. The summed E-state index contributed by atoms with van der Waals surface area (Å²) in [6.07, 6.45) is 0.379. The summed E-state index contributed by atoms with van der Waals surface area (Å²) in [7, 11) is -1.48. The summed E-state index contributed by atoms with van der Waals surface area (Å²) in [6.45, 7) is 3.95. The topological polar surface area (TPSA) is 76.0 Å². The molecule has 2 saturated heterocycles. The number of methoxy groups -OCH3 is 1. The lowest BCUT2D eigenvalue weighted by molar-refractivity contribution is -0.118. The van der Waals surface area contributed by atoms with Gasteiger partial charge < -0.3 is 9.64 Å². The Labute approximate surface area is 152 Å². The van der Waals surface area contributed by atoms with Crippen LogP contribution in [0, 0.1) is 5.92 Å². The molecule has 1 amide bonds. The van der Waals surface area contributed by atoms with Crippen LogP contribution in [-0.4, -0.2) is 49.4 Å². The van der Waals surface area contributed by atoms with Gasteiger partial charge in [-0.25, -0.2) is 8.42 Å². The highest BCUT2D eigenvalue weighted by molar-refractivity contribution is 8.16. The van der Waals surface area contributed by atoms with Crippen molar-refractivity contribution in [2.24, 2.45) is 10.9 Å². The van der Waals surface area contributed by atoms with Gasteiger partial charge in [0.1, 0.15) is 5.75 Å². The predicted octanol–water partition coefficient (Wildman–Crippen LogP) is 2.34. The van der Waals surface area contributed by atoms with Gasteiger partial charge in [-0.15, -0.1) is 0 Å². The standard InChI is InChI=1S/C17H22N2O4S2/c1-11(2)7-16(20)18-17-19(12-5-4-6-13(8-12)23-3)14-9-25(21,22)10-15(14)24-17/h4-6,8,11,14-15H,7,9-10H2,1-3H3/t14-,15-/m0/s1. The highest BCUT2D eigenvalue weighted by Crippen LogP contribution is 2.41. The minimum absolute atomic E-state index is 0.0826. The summed E-state index contributed by atoms with van der Waals surface area (Å²) >= 11 is 1.39. The van der Waals surface area contributed by atoms with Crippen LogP contribution >= 0.6 is 11.8 Å². The van der Waals surface area contributed by atoms with Gasteiger partial charge in [0.05, 0.1) is 24.7 Å². The number of anilines is 1. The molecule has 1 aromatic carbocycles. The van der Waals surface area contributed by atoms with Gasteiger partial charge in [-0.05, 0) is 18.1 Å². The van der Waals surface area contributed by atoms with Crippen molar-refractivity contribution in [3.05, 3.63) is 24.3 Å². The van der Waals surface area contributed by atoms with Crippen molar-refractivity contribution in [1.29, 1.82) is 0 Å². The van der Waals surface area contributed by atoms with Crippen LogP contribution < -0.4 is 9.64 Å². The summed E-state index contributed by atoms with van der Waals surface area (Å²) in [6, 6.07) is 7.21. The van der Waals surface area contributed by atoms with Gasteiger partial charge in [0.25, 0.3) is 0 Å². The first-order valence-corrected chi connectivity index (χ1v) is 10.9. The van der Waals surface area contributed by atoms with E-state index in [0.29, 0.717) is 17.3 Å². The maximum Gasteiger partial charge on any atom is 0.248 e. The number of amidine groups is 1. The fraction of sp³-hybridized carbons (Fsp3) is 0.529. The predicted molar refractivity (Wildman–Crippen MR) is 101 cm³/mol. The van der Waals surface area contributed by atoms with Crippen molar-refractivity contribution in [3.8, 4) is 5.75 Å². The van der Waals surface area contributed by atoms with Crippen molar-refractivity contribution in [2.75, 3.05) is 23.5 Å². The number of rotatable bonds is 4. The molecular weight excluding hydrogens is 360 g/mol. The number of nitrogens with zero attached hydrogens (tertiary/aromatic N) is 2. The van der Waals surface area contributed by atoms with Crippen molar-refractivity contribution in [3.63, 3.8) is 0 Å². The molecule has 136 valence electrons. The number of carbonyl (C=O) groups is 1. The molecule has 1 aromatic rings. The molecule has 0 aliphatic carbocycles. The van der Waals surface area contributed by atoms with Gasteiger partial charge in [-0.3, -0.25) is 4.79 Å². The van der Waals surface area contributed by atoms with Crippen molar-refractivity contribution >= 4 is 38.4 Å². The first kappa shape index (κ1) is 18.3. The first-order valence-electron chi connectivity index (χ1n) is 8.21. The number of hydrogen-bond acceptors (Lipinski definition) is 5. The zero-order valence-corrected chi connectivity index (χ0v) is 16.1. The zero-order valence-electron chi connectivity index (χ0n) is 14.5. The third kappa shape index (κ3) is 4.00. The number of carbonyl (C=O) groups excluding carboxylic acids is 1. The fourth-order valence-electron chi connectivity index (χ4n) is 3.13. The molecule has 2 aliphatic heterocycles. The summed E-state index contributed by atoms with van der Waals surface area (Å²) < 4.78 is 29.4. The first-order chi connectivity index (χ1) is 11.8. The summed E-state index contributed by atoms with van der Waals surface area (Å²) in [5.74, 6) is 0.945. The highest BCUT2D eigenvalue weighted by Gasteiger charge is 2.49. The van der Waals surface area contributed by atoms with Crippen LogP contribution in [0.3, 0.4) is 0 Å². The molecule has 2 atom stereocenters. The number of benzene rings is 1. The maximum absolute atomic E-state index is 12.2. The van der Waals surface area contributed by atoms with Crippen LogP contribution in [0.15, 0.2) is 29.3 Å². The Morgan fingerprint density at radius 1 is 1.40 bits per heavy atom. The molecule has 8 heteroatoms. The lowest BCUT2D eigenvalue weighted by Crippen LogP contribution is -2.37. The highest BCUT2D eigenvalue weighted by atomic mass is 32.2. The van der Waals surface area contributed by atoms with E-state index in [4.69, 9.17) is 4.74 Å². The Bertz CT molecular complexity index is 805. The number of ether oxygens (including phenoxy) is 1. The average Bonchev–Trinajstić information content (AvgIpc) is 2.97. The monoisotopic (exact) mass is 382 g/mol. The normalized spacial score (nSPS) is 26.2. The SMILES string of the molecule is COc1cccc(N2C(=NC(=O)CC(C)C)S[C@H]3CS(=O)(=O)C[C@@H]32)c1. The van der Waals surface area contributed by atoms with Gasteiger partial charge in [0.2, 0.25) is 5.91 Å². The van der Waals surface area contributed by atoms with Gasteiger partial charge in [-0.1, -0.05) is 31.7 Å². The minimum atomic E-state index is -3.07. The number of hydrogen-bond donors (Lipinski definition) is 0.